The second kappa shape index (κ2) is 5.24. The first-order chi connectivity index (χ1) is 8.46. The molecule has 0 radical (unpaired) electrons. The third-order valence-corrected chi connectivity index (χ3v) is 2.91. The van der Waals surface area contributed by atoms with Crippen molar-refractivity contribution in [3.63, 3.8) is 0 Å². The molecule has 0 aromatic heterocycles. The van der Waals surface area contributed by atoms with Gasteiger partial charge in [0, 0.05) is 6.42 Å². The Morgan fingerprint density at radius 1 is 0.800 bits per heavy atom. The summed E-state index contributed by atoms with van der Waals surface area (Å²) < 4.78 is 139. The van der Waals surface area contributed by atoms with Gasteiger partial charge >= 0.3 is 23.9 Å². The predicted octanol–water partition coefficient (Wildman–Crippen LogP) is 3.12. The smallest absolute Gasteiger partial charge is 0.286 e. The van der Waals surface area contributed by atoms with Crippen LogP contribution in [-0.2, 0) is 10.1 Å². The number of rotatable bonds is 6. The van der Waals surface area contributed by atoms with Gasteiger partial charge in [-0.05, 0) is 6.42 Å². The Bertz CT molecular complexity index is 439. The van der Waals surface area contributed by atoms with Gasteiger partial charge in [0.05, 0.1) is 5.75 Å². The molecule has 0 aliphatic heterocycles. The molecule has 0 heterocycles. The van der Waals surface area contributed by atoms with Crippen molar-refractivity contribution in [2.24, 2.45) is 0 Å². The zero-order chi connectivity index (χ0) is 16.6. The van der Waals surface area contributed by atoms with Crippen LogP contribution in [0.4, 0.5) is 39.5 Å². The zero-order valence-electron chi connectivity index (χ0n) is 9.19. The van der Waals surface area contributed by atoms with E-state index in [1.165, 1.54) is 0 Å². The van der Waals surface area contributed by atoms with Crippen molar-refractivity contribution in [1.29, 1.82) is 0 Å². The van der Waals surface area contributed by atoms with Crippen molar-refractivity contribution < 1.29 is 52.5 Å². The highest BCUT2D eigenvalue weighted by atomic mass is 32.2. The van der Waals surface area contributed by atoms with Crippen LogP contribution < -0.4 is 0 Å². The summed E-state index contributed by atoms with van der Waals surface area (Å²) in [5, 5.41) is 0. The van der Waals surface area contributed by atoms with Gasteiger partial charge in [-0.1, -0.05) is 0 Å². The number of hydrogen-bond acceptors (Lipinski definition) is 2. The maximum atomic E-state index is 12.8. The largest absolute Gasteiger partial charge is 0.460 e. The molecule has 1 N–H and O–H groups in total. The molecule has 0 amide bonds. The molecule has 0 spiro atoms. The fourth-order valence-corrected chi connectivity index (χ4v) is 1.55. The van der Waals surface area contributed by atoms with Gasteiger partial charge in [-0.2, -0.15) is 47.9 Å². The van der Waals surface area contributed by atoms with Crippen molar-refractivity contribution in [2.45, 2.75) is 36.8 Å². The first kappa shape index (κ1) is 19.3. The molecule has 0 bridgehead atoms. The van der Waals surface area contributed by atoms with E-state index in [9.17, 15) is 47.9 Å². The van der Waals surface area contributed by atoms with Crippen LogP contribution in [0.2, 0.25) is 0 Å². The monoisotopic (exact) mass is 342 g/mol. The highest BCUT2D eigenvalue weighted by Crippen LogP contribution is 2.54. The van der Waals surface area contributed by atoms with Crippen molar-refractivity contribution in [1.82, 2.24) is 0 Å². The quantitative estimate of drug-likeness (QED) is 0.596. The predicted molar refractivity (Wildman–Crippen MR) is 46.5 cm³/mol. The fourth-order valence-electron chi connectivity index (χ4n) is 1.04. The van der Waals surface area contributed by atoms with Crippen LogP contribution in [0, 0.1) is 0 Å². The first-order valence-electron chi connectivity index (χ1n) is 4.61. The molecular formula is C7H7F9O3S. The van der Waals surface area contributed by atoms with Crippen LogP contribution in [0.3, 0.4) is 0 Å². The van der Waals surface area contributed by atoms with E-state index in [4.69, 9.17) is 4.55 Å². The molecule has 122 valence electrons. The molecule has 0 aliphatic rings. The third-order valence-electron chi connectivity index (χ3n) is 2.10. The maximum Gasteiger partial charge on any atom is 0.460 e. The minimum absolute atomic E-state index is 1.44. The molecule has 0 rings (SSSR count). The average molecular weight is 342 g/mol. The molecule has 13 heteroatoms. The van der Waals surface area contributed by atoms with Crippen LogP contribution in [0.15, 0.2) is 0 Å². The van der Waals surface area contributed by atoms with Crippen LogP contribution in [-0.4, -0.2) is 42.7 Å². The summed E-state index contributed by atoms with van der Waals surface area (Å²) in [6.45, 7) is 0. The SMILES string of the molecule is O=S(=O)(O)CCCC(F)(F)C(F)(F)C(F)(F)C(F)(F)F. The topological polar surface area (TPSA) is 54.4 Å². The Balaban J connectivity index is 5.17. The Kier molecular flexibility index (Phi) is 5.05. The molecule has 0 saturated carbocycles. The van der Waals surface area contributed by atoms with Gasteiger partial charge in [0.1, 0.15) is 0 Å². The number of alkyl halides is 9. The highest BCUT2D eigenvalue weighted by molar-refractivity contribution is 7.85. The van der Waals surface area contributed by atoms with E-state index in [0.29, 0.717) is 0 Å². The summed E-state index contributed by atoms with van der Waals surface area (Å²) >= 11 is 0. The van der Waals surface area contributed by atoms with E-state index in [-0.39, 0.29) is 0 Å². The first-order valence-corrected chi connectivity index (χ1v) is 6.22. The van der Waals surface area contributed by atoms with E-state index in [2.05, 4.69) is 0 Å². The summed E-state index contributed by atoms with van der Waals surface area (Å²) in [6.07, 6.45) is -10.6. The molecule has 0 unspecified atom stereocenters. The van der Waals surface area contributed by atoms with Gasteiger partial charge in [0.25, 0.3) is 10.1 Å². The minimum Gasteiger partial charge on any atom is -0.286 e. The molecule has 0 aliphatic carbocycles. The van der Waals surface area contributed by atoms with E-state index in [1.54, 1.807) is 0 Å². The Morgan fingerprint density at radius 3 is 1.50 bits per heavy atom. The van der Waals surface area contributed by atoms with Gasteiger partial charge in [-0.3, -0.25) is 4.55 Å². The molecular weight excluding hydrogens is 335 g/mol. The van der Waals surface area contributed by atoms with Crippen LogP contribution >= 0.6 is 0 Å². The standard InChI is InChI=1S/C7H7F9O3S/c8-4(9,2-1-3-20(17,18)19)5(10,11)6(12,13)7(14,15)16/h1-3H2,(H,17,18,19). The minimum atomic E-state index is -7.00. The average Bonchev–Trinajstić information content (AvgIpc) is 2.12. The Morgan fingerprint density at radius 2 is 1.20 bits per heavy atom. The van der Waals surface area contributed by atoms with Crippen molar-refractivity contribution in [3.05, 3.63) is 0 Å². The Labute approximate surface area is 106 Å². The van der Waals surface area contributed by atoms with Crippen LogP contribution in [0.1, 0.15) is 12.8 Å². The lowest BCUT2D eigenvalue weighted by atomic mass is 10.00. The lowest BCUT2D eigenvalue weighted by Gasteiger charge is -2.33. The zero-order valence-corrected chi connectivity index (χ0v) is 10.0. The second-order valence-electron chi connectivity index (χ2n) is 3.74. The Hall–Kier alpha value is -0.720. The second-order valence-corrected chi connectivity index (χ2v) is 5.31. The number of hydrogen-bond donors (Lipinski definition) is 1. The van der Waals surface area contributed by atoms with Gasteiger partial charge in [0.15, 0.2) is 0 Å². The van der Waals surface area contributed by atoms with Crippen molar-refractivity contribution in [3.8, 4) is 0 Å². The summed E-state index contributed by atoms with van der Waals surface area (Å²) in [6, 6.07) is 0. The van der Waals surface area contributed by atoms with Crippen molar-refractivity contribution in [2.75, 3.05) is 5.75 Å². The number of halogens is 9. The third kappa shape index (κ3) is 3.90. The summed E-state index contributed by atoms with van der Waals surface area (Å²) in [5.41, 5.74) is 0. The van der Waals surface area contributed by atoms with Crippen molar-refractivity contribution >= 4 is 10.1 Å². The van der Waals surface area contributed by atoms with E-state index < -0.39 is 52.7 Å². The molecule has 0 saturated heterocycles. The van der Waals surface area contributed by atoms with E-state index in [1.807, 2.05) is 0 Å². The van der Waals surface area contributed by atoms with Crippen LogP contribution in [0.5, 0.6) is 0 Å². The maximum absolute atomic E-state index is 12.8. The summed E-state index contributed by atoms with van der Waals surface area (Å²) in [7, 11) is -4.84. The molecule has 3 nitrogen and oxygen atoms in total. The van der Waals surface area contributed by atoms with Gasteiger partial charge < -0.3 is 0 Å². The lowest BCUT2D eigenvalue weighted by molar-refractivity contribution is -0.396. The van der Waals surface area contributed by atoms with Gasteiger partial charge in [-0.25, -0.2) is 0 Å². The lowest BCUT2D eigenvalue weighted by Crippen LogP contribution is -2.60. The molecule has 0 aromatic rings. The normalized spacial score (nSPS) is 15.5. The summed E-state index contributed by atoms with van der Waals surface area (Å²) in [5.74, 6) is -21.1. The fraction of sp³-hybridized carbons (Fsp3) is 1.00. The van der Waals surface area contributed by atoms with E-state index in [0.717, 1.165) is 0 Å². The van der Waals surface area contributed by atoms with Crippen LogP contribution in [0.25, 0.3) is 0 Å². The molecule has 0 fully saturated rings. The molecule has 0 atom stereocenters. The van der Waals surface area contributed by atoms with Gasteiger partial charge in [0.2, 0.25) is 0 Å². The molecule has 0 aromatic carbocycles. The van der Waals surface area contributed by atoms with E-state index >= 15 is 0 Å². The molecule has 20 heavy (non-hydrogen) atoms. The highest BCUT2D eigenvalue weighted by Gasteiger charge is 2.81. The summed E-state index contributed by atoms with van der Waals surface area (Å²) in [4.78, 5) is 0. The van der Waals surface area contributed by atoms with Gasteiger partial charge in [-0.15, -0.1) is 0 Å².